The van der Waals surface area contributed by atoms with Gasteiger partial charge in [-0.1, -0.05) is 24.3 Å². The van der Waals surface area contributed by atoms with Crippen LogP contribution in [-0.4, -0.2) is 43.8 Å². The molecule has 0 spiro atoms. The number of nitrogens with two attached hydrogens (primary N) is 2. The molecular formula is C27H26N8O3. The van der Waals surface area contributed by atoms with E-state index in [4.69, 9.17) is 11.6 Å². The van der Waals surface area contributed by atoms with Crippen LogP contribution in [-0.2, 0) is 4.79 Å². The number of allylic oxidation sites excluding steroid dienone is 1. The van der Waals surface area contributed by atoms with Gasteiger partial charge in [0.2, 0.25) is 0 Å². The SMILES string of the molecule is N#C/C(=C\C1CC1)C(=O)N1CCC[C@H]1c1nc(-c2ccc(C(=O)Nc3ccccn3)cc2)c(C(N)=O)n1N. The lowest BCUT2D eigenvalue weighted by Gasteiger charge is -2.24. The minimum absolute atomic E-state index is 0.0148. The Morgan fingerprint density at radius 3 is 2.50 bits per heavy atom. The molecule has 1 aliphatic carbocycles. The number of primary amides is 1. The second kappa shape index (κ2) is 10.2. The van der Waals surface area contributed by atoms with Crippen molar-refractivity contribution in [2.75, 3.05) is 17.7 Å². The van der Waals surface area contributed by atoms with Gasteiger partial charge in [-0.05, 0) is 55.9 Å². The number of aromatic nitrogens is 3. The van der Waals surface area contributed by atoms with E-state index in [1.165, 1.54) is 0 Å². The molecule has 1 aromatic carbocycles. The Balaban J connectivity index is 1.43. The van der Waals surface area contributed by atoms with E-state index in [0.29, 0.717) is 42.2 Å². The van der Waals surface area contributed by atoms with Crippen LogP contribution in [0, 0.1) is 17.2 Å². The first-order valence-corrected chi connectivity index (χ1v) is 12.3. The van der Waals surface area contributed by atoms with Crippen LogP contribution in [0.1, 0.15) is 58.4 Å². The van der Waals surface area contributed by atoms with Crippen molar-refractivity contribution in [1.82, 2.24) is 19.5 Å². The van der Waals surface area contributed by atoms with Crippen LogP contribution >= 0.6 is 0 Å². The first-order valence-electron chi connectivity index (χ1n) is 12.3. The van der Waals surface area contributed by atoms with E-state index in [1.54, 1.807) is 59.6 Å². The second-order valence-electron chi connectivity index (χ2n) is 9.33. The number of hydrogen-bond donors (Lipinski definition) is 3. The number of rotatable bonds is 7. The zero-order valence-electron chi connectivity index (χ0n) is 20.5. The van der Waals surface area contributed by atoms with Gasteiger partial charge in [0.25, 0.3) is 17.7 Å². The summed E-state index contributed by atoms with van der Waals surface area (Å²) in [6.45, 7) is 0.446. The van der Waals surface area contributed by atoms with Crippen molar-refractivity contribution in [3.63, 3.8) is 0 Å². The van der Waals surface area contributed by atoms with Crippen molar-refractivity contribution in [3.8, 4) is 17.3 Å². The lowest BCUT2D eigenvalue weighted by Crippen LogP contribution is -2.34. The molecular weight excluding hydrogens is 484 g/mol. The topological polar surface area (TPSA) is 173 Å². The van der Waals surface area contributed by atoms with Crippen LogP contribution < -0.4 is 16.9 Å². The molecule has 3 aromatic rings. The van der Waals surface area contributed by atoms with Gasteiger partial charge in [0.05, 0.1) is 6.04 Å². The van der Waals surface area contributed by atoms with Crippen LogP contribution in [0.5, 0.6) is 0 Å². The Hall–Kier alpha value is -4.98. The van der Waals surface area contributed by atoms with Crippen molar-refractivity contribution < 1.29 is 14.4 Å². The number of nitriles is 1. The fourth-order valence-electron chi connectivity index (χ4n) is 4.61. The van der Waals surface area contributed by atoms with Gasteiger partial charge in [-0.3, -0.25) is 14.4 Å². The molecule has 1 aliphatic heterocycles. The molecule has 38 heavy (non-hydrogen) atoms. The maximum Gasteiger partial charge on any atom is 0.269 e. The average molecular weight is 511 g/mol. The Morgan fingerprint density at radius 2 is 1.87 bits per heavy atom. The molecule has 2 fully saturated rings. The fraction of sp³-hybridized carbons (Fsp3) is 0.259. The van der Waals surface area contributed by atoms with Crippen molar-refractivity contribution in [2.24, 2.45) is 11.7 Å². The number of nitrogens with zero attached hydrogens (tertiary/aromatic N) is 5. The van der Waals surface area contributed by atoms with Gasteiger partial charge in [0, 0.05) is 23.9 Å². The van der Waals surface area contributed by atoms with Gasteiger partial charge in [-0.15, -0.1) is 0 Å². The summed E-state index contributed by atoms with van der Waals surface area (Å²) in [5, 5.41) is 12.3. The first-order chi connectivity index (χ1) is 18.4. The summed E-state index contributed by atoms with van der Waals surface area (Å²) >= 11 is 0. The third-order valence-corrected chi connectivity index (χ3v) is 6.69. The molecule has 2 aromatic heterocycles. The zero-order valence-corrected chi connectivity index (χ0v) is 20.5. The molecule has 1 saturated heterocycles. The van der Waals surface area contributed by atoms with Crippen LogP contribution in [0.4, 0.5) is 5.82 Å². The molecule has 11 nitrogen and oxygen atoms in total. The summed E-state index contributed by atoms with van der Waals surface area (Å²) in [4.78, 5) is 48.5. The van der Waals surface area contributed by atoms with Crippen LogP contribution in [0.2, 0.25) is 0 Å². The van der Waals surface area contributed by atoms with Crippen molar-refractivity contribution in [1.29, 1.82) is 5.26 Å². The molecule has 3 heterocycles. The Bertz CT molecular complexity index is 1470. The summed E-state index contributed by atoms with van der Waals surface area (Å²) in [7, 11) is 0. The largest absolute Gasteiger partial charge is 0.364 e. The minimum atomic E-state index is -0.777. The Kier molecular flexibility index (Phi) is 6.62. The van der Waals surface area contributed by atoms with Crippen molar-refractivity contribution >= 4 is 23.5 Å². The number of carbonyl (C=O) groups is 3. The summed E-state index contributed by atoms with van der Waals surface area (Å²) in [6, 6.07) is 13.2. The highest BCUT2D eigenvalue weighted by atomic mass is 16.2. The zero-order chi connectivity index (χ0) is 26.8. The first kappa shape index (κ1) is 24.7. The number of imidazole rings is 1. The van der Waals surface area contributed by atoms with Gasteiger partial charge in [-0.2, -0.15) is 5.26 Å². The highest BCUT2D eigenvalue weighted by molar-refractivity contribution is 6.04. The van der Waals surface area contributed by atoms with Crippen LogP contribution in [0.3, 0.4) is 0 Å². The molecule has 0 bridgehead atoms. The number of nitrogen functional groups attached to an aromatic ring is 1. The van der Waals surface area contributed by atoms with E-state index >= 15 is 0 Å². The summed E-state index contributed by atoms with van der Waals surface area (Å²) in [5.41, 5.74) is 6.93. The van der Waals surface area contributed by atoms with E-state index in [0.717, 1.165) is 17.5 Å². The highest BCUT2D eigenvalue weighted by Gasteiger charge is 2.37. The molecule has 2 aliphatic rings. The number of amides is 3. The molecule has 3 amide bonds. The Morgan fingerprint density at radius 1 is 1.11 bits per heavy atom. The van der Waals surface area contributed by atoms with Gasteiger partial charge < -0.3 is 21.8 Å². The Labute approximate surface area is 218 Å². The summed E-state index contributed by atoms with van der Waals surface area (Å²) in [6.07, 6.45) is 6.54. The van der Waals surface area contributed by atoms with Crippen LogP contribution in [0.15, 0.2) is 60.3 Å². The smallest absolute Gasteiger partial charge is 0.269 e. The molecule has 0 unspecified atom stereocenters. The number of hydrogen-bond acceptors (Lipinski definition) is 7. The second-order valence-corrected chi connectivity index (χ2v) is 9.33. The maximum atomic E-state index is 13.2. The lowest BCUT2D eigenvalue weighted by atomic mass is 10.1. The summed E-state index contributed by atoms with van der Waals surface area (Å²) in [5.74, 6) is 5.83. The number of anilines is 1. The third kappa shape index (κ3) is 4.84. The number of pyridine rings is 1. The number of carbonyl (C=O) groups excluding carboxylic acids is 3. The number of likely N-dealkylation sites (tertiary alicyclic amines) is 1. The number of nitrogens with one attached hydrogen (secondary N) is 1. The van der Waals surface area contributed by atoms with Gasteiger partial charge in [0.1, 0.15) is 23.2 Å². The fourth-order valence-corrected chi connectivity index (χ4v) is 4.61. The standard InChI is InChI=1S/C27H26N8O3/c28-15-19(14-16-6-7-16)27(38)34-13-3-4-20(34)25-33-22(23(24(29)36)35(25)30)17-8-10-18(11-9-17)26(37)32-21-5-1-2-12-31-21/h1-2,5,8-12,14,16,20H,3-4,6-7,13,30H2,(H2,29,36)(H,31,32,37)/b19-14+/t20-/m0/s1. The van der Waals surface area contributed by atoms with E-state index in [9.17, 15) is 19.6 Å². The quantitative estimate of drug-likeness (QED) is 0.249. The van der Waals surface area contributed by atoms with E-state index in [-0.39, 0.29) is 34.7 Å². The molecule has 192 valence electrons. The minimum Gasteiger partial charge on any atom is -0.364 e. The number of benzene rings is 1. The van der Waals surface area contributed by atoms with E-state index < -0.39 is 11.9 Å². The molecule has 0 radical (unpaired) electrons. The predicted molar refractivity (Wildman–Crippen MR) is 139 cm³/mol. The normalized spacial score (nSPS) is 17.2. The molecule has 1 atom stereocenters. The van der Waals surface area contributed by atoms with Crippen molar-refractivity contribution in [3.05, 3.63) is 77.4 Å². The van der Waals surface area contributed by atoms with Gasteiger partial charge in [0.15, 0.2) is 11.5 Å². The average Bonchev–Trinajstić information content (AvgIpc) is 3.49. The highest BCUT2D eigenvalue weighted by Crippen LogP contribution is 2.36. The van der Waals surface area contributed by atoms with E-state index in [2.05, 4.69) is 15.3 Å². The monoisotopic (exact) mass is 510 g/mol. The van der Waals surface area contributed by atoms with Crippen LogP contribution in [0.25, 0.3) is 11.3 Å². The molecule has 11 heteroatoms. The van der Waals surface area contributed by atoms with Gasteiger partial charge in [-0.25, -0.2) is 14.6 Å². The van der Waals surface area contributed by atoms with Gasteiger partial charge >= 0.3 is 0 Å². The van der Waals surface area contributed by atoms with Crippen molar-refractivity contribution in [2.45, 2.75) is 31.7 Å². The van der Waals surface area contributed by atoms with E-state index in [1.807, 2.05) is 6.07 Å². The summed E-state index contributed by atoms with van der Waals surface area (Å²) < 4.78 is 1.13. The maximum absolute atomic E-state index is 13.2. The molecule has 5 N–H and O–H groups in total. The predicted octanol–water partition coefficient (Wildman–Crippen LogP) is 2.53. The molecule has 1 saturated carbocycles. The lowest BCUT2D eigenvalue weighted by molar-refractivity contribution is -0.127. The molecule has 5 rings (SSSR count). The third-order valence-electron chi connectivity index (χ3n) is 6.69.